The number of nitrogens with one attached hydrogen (secondary N) is 2. The highest BCUT2D eigenvalue weighted by atomic mass is 35.5. The van der Waals surface area contributed by atoms with Crippen LogP contribution in [-0.2, 0) is 4.79 Å². The lowest BCUT2D eigenvalue weighted by Crippen LogP contribution is -2.31. The quantitative estimate of drug-likeness (QED) is 0.294. The number of hydrazone groups is 1. The minimum Gasteiger partial charge on any atom is -0.375 e. The van der Waals surface area contributed by atoms with Crippen LogP contribution < -0.4 is 16.5 Å². The van der Waals surface area contributed by atoms with Gasteiger partial charge in [-0.3, -0.25) is 15.0 Å². The fourth-order valence-corrected chi connectivity index (χ4v) is 2.29. The second-order valence-electron chi connectivity index (χ2n) is 5.08. The fourth-order valence-electron chi connectivity index (χ4n) is 1.95. The molecule has 0 spiro atoms. The molecule has 4 N–H and O–H groups in total. The first kappa shape index (κ1) is 19.8. The van der Waals surface area contributed by atoms with E-state index in [0.717, 1.165) is 0 Å². The molecule has 26 heavy (non-hydrogen) atoms. The Hall–Kier alpha value is -2.48. The molecule has 0 aliphatic carbocycles. The average Bonchev–Trinajstić information content (AvgIpc) is 2.62. The SMILES string of the molecule is NC(=S)N/N=C(/CC(=O)c1ccccc1)C(=O)Nc1ccc(Cl)c(Cl)c1. The van der Waals surface area contributed by atoms with Gasteiger partial charge in [0.2, 0.25) is 0 Å². The highest BCUT2D eigenvalue weighted by Crippen LogP contribution is 2.25. The maximum atomic E-state index is 12.5. The Morgan fingerprint density at radius 1 is 1.08 bits per heavy atom. The molecule has 0 saturated carbocycles. The van der Waals surface area contributed by atoms with Gasteiger partial charge in [0.05, 0.1) is 16.5 Å². The molecule has 6 nitrogen and oxygen atoms in total. The van der Waals surface area contributed by atoms with Crippen LogP contribution in [0.3, 0.4) is 0 Å². The molecule has 0 aliphatic rings. The summed E-state index contributed by atoms with van der Waals surface area (Å²) < 4.78 is 0. The number of benzene rings is 2. The van der Waals surface area contributed by atoms with Crippen molar-refractivity contribution in [2.75, 3.05) is 5.32 Å². The minimum atomic E-state index is -0.601. The number of carbonyl (C=O) groups is 2. The second kappa shape index (κ2) is 9.28. The molecule has 9 heteroatoms. The molecule has 2 aromatic carbocycles. The molecule has 0 aromatic heterocycles. The highest BCUT2D eigenvalue weighted by Gasteiger charge is 2.18. The Kier molecular flexibility index (Phi) is 7.08. The van der Waals surface area contributed by atoms with Gasteiger partial charge in [0.15, 0.2) is 10.9 Å². The van der Waals surface area contributed by atoms with E-state index in [9.17, 15) is 9.59 Å². The summed E-state index contributed by atoms with van der Waals surface area (Å²) in [6.45, 7) is 0. The Bertz CT molecular complexity index is 872. The number of hydrogen-bond acceptors (Lipinski definition) is 4. The standard InChI is InChI=1S/C17H14Cl2N4O2S/c18-12-7-6-11(8-13(12)19)21-16(25)14(22-23-17(20)26)9-15(24)10-4-2-1-3-5-10/h1-8H,9H2,(H,21,25)(H3,20,23,26)/b22-14-. The van der Waals surface area contributed by atoms with Crippen molar-refractivity contribution in [3.05, 3.63) is 64.1 Å². The summed E-state index contributed by atoms with van der Waals surface area (Å²) in [5.41, 5.74) is 8.44. The van der Waals surface area contributed by atoms with Crippen LogP contribution in [0.2, 0.25) is 10.0 Å². The van der Waals surface area contributed by atoms with Crippen molar-refractivity contribution < 1.29 is 9.59 Å². The number of ketones is 1. The van der Waals surface area contributed by atoms with Gasteiger partial charge >= 0.3 is 0 Å². The van der Waals surface area contributed by atoms with Crippen LogP contribution in [0.1, 0.15) is 16.8 Å². The topological polar surface area (TPSA) is 96.6 Å². The van der Waals surface area contributed by atoms with E-state index in [2.05, 4.69) is 28.1 Å². The van der Waals surface area contributed by atoms with Crippen molar-refractivity contribution in [3.63, 3.8) is 0 Å². The minimum absolute atomic E-state index is 0.0854. The van der Waals surface area contributed by atoms with Gasteiger partial charge in [0.25, 0.3) is 5.91 Å². The van der Waals surface area contributed by atoms with Crippen LogP contribution in [0.5, 0.6) is 0 Å². The summed E-state index contributed by atoms with van der Waals surface area (Å²) >= 11 is 16.5. The first-order valence-corrected chi connectivity index (χ1v) is 8.50. The lowest BCUT2D eigenvalue weighted by atomic mass is 10.1. The molecule has 0 fully saturated rings. The molecule has 0 radical (unpaired) electrons. The molecule has 134 valence electrons. The van der Waals surface area contributed by atoms with Gasteiger partial charge in [-0.15, -0.1) is 0 Å². The number of amides is 1. The first-order valence-electron chi connectivity index (χ1n) is 7.33. The van der Waals surface area contributed by atoms with Crippen LogP contribution in [-0.4, -0.2) is 22.5 Å². The largest absolute Gasteiger partial charge is 0.375 e. The van der Waals surface area contributed by atoms with Crippen molar-refractivity contribution >= 4 is 63.6 Å². The molecule has 2 aromatic rings. The van der Waals surface area contributed by atoms with Crippen molar-refractivity contribution in [1.29, 1.82) is 0 Å². The van der Waals surface area contributed by atoms with E-state index in [-0.39, 0.29) is 28.1 Å². The zero-order valence-corrected chi connectivity index (χ0v) is 15.7. The summed E-state index contributed by atoms with van der Waals surface area (Å²) in [4.78, 5) is 24.9. The molecule has 2 rings (SSSR count). The molecule has 0 heterocycles. The molecule has 0 saturated heterocycles. The van der Waals surface area contributed by atoms with Crippen molar-refractivity contribution in [1.82, 2.24) is 5.43 Å². The van der Waals surface area contributed by atoms with E-state index in [4.69, 9.17) is 28.9 Å². The van der Waals surface area contributed by atoms with E-state index in [1.807, 2.05) is 0 Å². The highest BCUT2D eigenvalue weighted by molar-refractivity contribution is 7.80. The van der Waals surface area contributed by atoms with E-state index in [1.54, 1.807) is 42.5 Å². The summed E-state index contributed by atoms with van der Waals surface area (Å²) in [5.74, 6) is -0.880. The van der Waals surface area contributed by atoms with Crippen molar-refractivity contribution in [2.45, 2.75) is 6.42 Å². The van der Waals surface area contributed by atoms with Crippen LogP contribution in [0.4, 0.5) is 5.69 Å². The summed E-state index contributed by atoms with van der Waals surface area (Å²) in [5, 5.41) is 6.94. The van der Waals surface area contributed by atoms with Crippen molar-refractivity contribution in [3.8, 4) is 0 Å². The van der Waals surface area contributed by atoms with Crippen LogP contribution >= 0.6 is 35.4 Å². The molecular weight excluding hydrogens is 395 g/mol. The number of halogens is 2. The zero-order chi connectivity index (χ0) is 19.1. The number of anilines is 1. The number of Topliss-reactive ketones (excluding diaryl/α,β-unsaturated/α-hetero) is 1. The Labute approximate surface area is 165 Å². The fraction of sp³-hybridized carbons (Fsp3) is 0.0588. The number of rotatable bonds is 6. The van der Waals surface area contributed by atoms with Gasteiger partial charge < -0.3 is 11.1 Å². The third kappa shape index (κ3) is 5.80. The third-order valence-electron chi connectivity index (χ3n) is 3.16. The zero-order valence-electron chi connectivity index (χ0n) is 13.3. The number of thiocarbonyl (C=S) groups is 1. The number of carbonyl (C=O) groups excluding carboxylic acids is 2. The van der Waals surface area contributed by atoms with Crippen LogP contribution in [0.15, 0.2) is 53.6 Å². The number of nitrogens with two attached hydrogens (primary N) is 1. The van der Waals surface area contributed by atoms with Gasteiger partial charge in [-0.05, 0) is 30.4 Å². The van der Waals surface area contributed by atoms with Gasteiger partial charge in [-0.2, -0.15) is 5.10 Å². The Morgan fingerprint density at radius 2 is 1.77 bits per heavy atom. The molecule has 1 amide bonds. The summed E-state index contributed by atoms with van der Waals surface area (Å²) in [6, 6.07) is 13.1. The lowest BCUT2D eigenvalue weighted by molar-refractivity contribution is -0.110. The summed E-state index contributed by atoms with van der Waals surface area (Å²) in [7, 11) is 0. The van der Waals surface area contributed by atoms with Gasteiger partial charge in [-0.25, -0.2) is 0 Å². The normalized spacial score (nSPS) is 10.9. The van der Waals surface area contributed by atoms with Gasteiger partial charge in [-0.1, -0.05) is 53.5 Å². The molecular formula is C17H14Cl2N4O2S. The van der Waals surface area contributed by atoms with E-state index in [1.165, 1.54) is 6.07 Å². The molecule has 0 bridgehead atoms. The first-order chi connectivity index (χ1) is 12.4. The molecule has 0 aliphatic heterocycles. The van der Waals surface area contributed by atoms with E-state index in [0.29, 0.717) is 16.3 Å². The Morgan fingerprint density at radius 3 is 2.38 bits per heavy atom. The van der Waals surface area contributed by atoms with Crippen LogP contribution in [0, 0.1) is 0 Å². The van der Waals surface area contributed by atoms with Crippen molar-refractivity contribution in [2.24, 2.45) is 10.8 Å². The molecule has 0 atom stereocenters. The van der Waals surface area contributed by atoms with E-state index < -0.39 is 5.91 Å². The molecule has 0 unspecified atom stereocenters. The maximum absolute atomic E-state index is 12.5. The average molecular weight is 409 g/mol. The number of nitrogens with zero attached hydrogens (tertiary/aromatic N) is 1. The predicted molar refractivity (Wildman–Crippen MR) is 108 cm³/mol. The summed E-state index contributed by atoms with van der Waals surface area (Å²) in [6.07, 6.45) is -0.243. The second-order valence-corrected chi connectivity index (χ2v) is 6.34. The number of hydrogen-bond donors (Lipinski definition) is 3. The maximum Gasteiger partial charge on any atom is 0.272 e. The van der Waals surface area contributed by atoms with E-state index >= 15 is 0 Å². The van der Waals surface area contributed by atoms with Gasteiger partial charge in [0, 0.05) is 11.3 Å². The van der Waals surface area contributed by atoms with Gasteiger partial charge in [0.1, 0.15) is 5.71 Å². The third-order valence-corrected chi connectivity index (χ3v) is 3.99. The monoisotopic (exact) mass is 408 g/mol. The smallest absolute Gasteiger partial charge is 0.272 e. The Balaban J connectivity index is 2.19. The lowest BCUT2D eigenvalue weighted by Gasteiger charge is -2.09. The van der Waals surface area contributed by atoms with Crippen LogP contribution in [0.25, 0.3) is 0 Å². The predicted octanol–water partition coefficient (Wildman–Crippen LogP) is 3.39.